The fourth-order valence-corrected chi connectivity index (χ4v) is 0.561. The third-order valence-corrected chi connectivity index (χ3v) is 1.23. The molecule has 2 nitrogen and oxygen atoms in total. The van der Waals surface area contributed by atoms with Crippen LogP contribution in [0.3, 0.4) is 0 Å². The minimum atomic E-state index is -0.188. The first kappa shape index (κ1) is 10.4. The highest BCUT2D eigenvalue weighted by atomic mass is 79.9. The van der Waals surface area contributed by atoms with Crippen molar-refractivity contribution >= 4 is 15.9 Å². The van der Waals surface area contributed by atoms with Crippen molar-refractivity contribution in [3.63, 3.8) is 0 Å². The summed E-state index contributed by atoms with van der Waals surface area (Å²) < 4.78 is 0. The molecule has 0 aromatic heterocycles. The highest BCUT2D eigenvalue weighted by Gasteiger charge is 2.10. The van der Waals surface area contributed by atoms with Crippen LogP contribution >= 0.6 is 15.9 Å². The first-order chi connectivity index (χ1) is 4.56. The highest BCUT2D eigenvalue weighted by Crippen LogP contribution is 2.06. The molecule has 0 N–H and O–H groups in total. The Morgan fingerprint density at radius 2 is 1.90 bits per heavy atom. The zero-order valence-electron chi connectivity index (χ0n) is 6.82. The molecule has 0 spiro atoms. The molecule has 0 unspecified atom stereocenters. The lowest BCUT2D eigenvalue weighted by Crippen LogP contribution is -2.19. The van der Waals surface area contributed by atoms with Gasteiger partial charge < -0.3 is 0 Å². The fourth-order valence-electron chi connectivity index (χ4n) is 0.332. The largest absolute Gasteiger partial charge is 0.236 e. The van der Waals surface area contributed by atoms with Crippen molar-refractivity contribution in [3.8, 4) is 0 Å². The Morgan fingerprint density at radius 3 is 2.30 bits per heavy atom. The fraction of sp³-hybridized carbons (Fsp3) is 1.00. The third kappa shape index (κ3) is 8.40. The average molecular weight is 211 g/mol. The van der Waals surface area contributed by atoms with Crippen molar-refractivity contribution in [2.75, 3.05) is 11.9 Å². The van der Waals surface area contributed by atoms with Gasteiger partial charge in [-0.25, -0.2) is 9.78 Å². The first-order valence-electron chi connectivity index (χ1n) is 3.43. The summed E-state index contributed by atoms with van der Waals surface area (Å²) in [5, 5.41) is 0.959. The number of hydrogen-bond acceptors (Lipinski definition) is 2. The lowest BCUT2D eigenvalue weighted by atomic mass is 10.2. The van der Waals surface area contributed by atoms with Crippen LogP contribution in [0.15, 0.2) is 0 Å². The summed E-state index contributed by atoms with van der Waals surface area (Å²) >= 11 is 3.29. The van der Waals surface area contributed by atoms with E-state index in [1.807, 2.05) is 20.8 Å². The van der Waals surface area contributed by atoms with Gasteiger partial charge in [0.2, 0.25) is 0 Å². The van der Waals surface area contributed by atoms with E-state index in [1.165, 1.54) is 0 Å². The number of hydrogen-bond donors (Lipinski definition) is 0. The summed E-state index contributed by atoms with van der Waals surface area (Å²) in [7, 11) is 0. The first-order valence-corrected chi connectivity index (χ1v) is 4.55. The van der Waals surface area contributed by atoms with Crippen LogP contribution in [0.1, 0.15) is 27.2 Å². The molecule has 3 heteroatoms. The number of halogens is 1. The van der Waals surface area contributed by atoms with Crippen LogP contribution in [0.2, 0.25) is 0 Å². The van der Waals surface area contributed by atoms with E-state index >= 15 is 0 Å². The van der Waals surface area contributed by atoms with Gasteiger partial charge in [-0.1, -0.05) is 15.9 Å². The van der Waals surface area contributed by atoms with E-state index in [-0.39, 0.29) is 5.60 Å². The van der Waals surface area contributed by atoms with Crippen LogP contribution in [-0.2, 0) is 9.78 Å². The second-order valence-corrected chi connectivity index (χ2v) is 3.85. The molecule has 0 atom stereocenters. The van der Waals surface area contributed by atoms with E-state index in [2.05, 4.69) is 15.9 Å². The summed E-state index contributed by atoms with van der Waals surface area (Å²) in [6.07, 6.45) is 0.982. The number of rotatable bonds is 4. The molecule has 62 valence electrons. The lowest BCUT2D eigenvalue weighted by molar-refractivity contribution is -0.348. The standard InChI is InChI=1S/C7H15BrO2/c1-7(2,3)10-9-6-4-5-8/h4-6H2,1-3H3. The van der Waals surface area contributed by atoms with E-state index in [1.54, 1.807) is 0 Å². The maximum atomic E-state index is 5.01. The van der Waals surface area contributed by atoms with Gasteiger partial charge >= 0.3 is 0 Å². The summed E-state index contributed by atoms with van der Waals surface area (Å²) in [4.78, 5) is 9.92. The van der Waals surface area contributed by atoms with E-state index < -0.39 is 0 Å². The molecule has 10 heavy (non-hydrogen) atoms. The van der Waals surface area contributed by atoms with Gasteiger partial charge in [-0.15, -0.1) is 0 Å². The van der Waals surface area contributed by atoms with Crippen molar-refractivity contribution in [1.82, 2.24) is 0 Å². The summed E-state index contributed by atoms with van der Waals surface area (Å²) in [6, 6.07) is 0. The van der Waals surface area contributed by atoms with Crippen molar-refractivity contribution in [3.05, 3.63) is 0 Å². The zero-order chi connectivity index (χ0) is 8.04. The lowest BCUT2D eigenvalue weighted by Gasteiger charge is -2.16. The number of alkyl halides is 1. The molecule has 0 aliphatic heterocycles. The Morgan fingerprint density at radius 1 is 1.30 bits per heavy atom. The summed E-state index contributed by atoms with van der Waals surface area (Å²) in [5.41, 5.74) is -0.188. The Hall–Kier alpha value is 0.400. The Kier molecular flexibility index (Phi) is 5.31. The summed E-state index contributed by atoms with van der Waals surface area (Å²) in [5.74, 6) is 0. The van der Waals surface area contributed by atoms with Crippen molar-refractivity contribution in [1.29, 1.82) is 0 Å². The van der Waals surface area contributed by atoms with Crippen molar-refractivity contribution in [2.45, 2.75) is 32.8 Å². The van der Waals surface area contributed by atoms with Crippen LogP contribution in [0, 0.1) is 0 Å². The average Bonchev–Trinajstić information content (AvgIpc) is 1.78. The van der Waals surface area contributed by atoms with Crippen LogP contribution in [-0.4, -0.2) is 17.5 Å². The quantitative estimate of drug-likeness (QED) is 0.308. The van der Waals surface area contributed by atoms with Gasteiger partial charge in [0.1, 0.15) is 0 Å². The molecule has 0 aromatic rings. The molecular formula is C7H15BrO2. The Labute approximate surface area is 71.0 Å². The van der Waals surface area contributed by atoms with Gasteiger partial charge in [0.15, 0.2) is 0 Å². The van der Waals surface area contributed by atoms with Gasteiger partial charge in [-0.3, -0.25) is 0 Å². The van der Waals surface area contributed by atoms with Crippen molar-refractivity contribution < 1.29 is 9.78 Å². The molecule has 0 aromatic carbocycles. The molecule has 0 fully saturated rings. The van der Waals surface area contributed by atoms with Gasteiger partial charge in [0, 0.05) is 5.33 Å². The maximum absolute atomic E-state index is 5.01. The van der Waals surface area contributed by atoms with Gasteiger partial charge in [-0.05, 0) is 27.2 Å². The second-order valence-electron chi connectivity index (χ2n) is 3.06. The van der Waals surface area contributed by atoms with Crippen molar-refractivity contribution in [2.24, 2.45) is 0 Å². The molecule has 0 radical (unpaired) electrons. The highest BCUT2D eigenvalue weighted by molar-refractivity contribution is 9.09. The Balaban J connectivity index is 3.04. The predicted molar refractivity (Wildman–Crippen MR) is 45.2 cm³/mol. The monoisotopic (exact) mass is 210 g/mol. The van der Waals surface area contributed by atoms with Crippen LogP contribution in [0.5, 0.6) is 0 Å². The van der Waals surface area contributed by atoms with Gasteiger partial charge in [0.05, 0.1) is 12.2 Å². The normalized spacial score (nSPS) is 12.0. The maximum Gasteiger partial charge on any atom is 0.0952 e. The van der Waals surface area contributed by atoms with E-state index in [4.69, 9.17) is 9.78 Å². The minimum absolute atomic E-state index is 0.188. The SMILES string of the molecule is CC(C)(C)OOCCCBr. The Bertz CT molecular complexity index is 78.2. The molecule has 0 rings (SSSR count). The van der Waals surface area contributed by atoms with E-state index in [0.29, 0.717) is 6.61 Å². The molecular weight excluding hydrogens is 196 g/mol. The molecule has 0 heterocycles. The smallest absolute Gasteiger partial charge is 0.0952 e. The molecule has 0 aliphatic carbocycles. The van der Waals surface area contributed by atoms with Crippen LogP contribution < -0.4 is 0 Å². The van der Waals surface area contributed by atoms with Gasteiger partial charge in [0.25, 0.3) is 0 Å². The van der Waals surface area contributed by atoms with Crippen LogP contribution in [0.25, 0.3) is 0 Å². The molecule has 0 aliphatic rings. The second kappa shape index (κ2) is 5.10. The van der Waals surface area contributed by atoms with Crippen LogP contribution in [0.4, 0.5) is 0 Å². The minimum Gasteiger partial charge on any atom is -0.236 e. The third-order valence-electron chi connectivity index (χ3n) is 0.670. The van der Waals surface area contributed by atoms with E-state index in [9.17, 15) is 0 Å². The molecule has 0 saturated carbocycles. The predicted octanol–water partition coefficient (Wildman–Crippen LogP) is 2.52. The molecule has 0 bridgehead atoms. The molecule has 0 amide bonds. The van der Waals surface area contributed by atoms with Gasteiger partial charge in [-0.2, -0.15) is 0 Å². The van der Waals surface area contributed by atoms with E-state index in [0.717, 1.165) is 11.8 Å². The zero-order valence-corrected chi connectivity index (χ0v) is 8.40. The topological polar surface area (TPSA) is 18.5 Å². The molecule has 0 saturated heterocycles. The summed E-state index contributed by atoms with van der Waals surface area (Å²) in [6.45, 7) is 6.53.